The Kier molecular flexibility index (Phi) is 9.14. The lowest BCUT2D eigenvalue weighted by molar-refractivity contribution is 0.299. The van der Waals surface area contributed by atoms with Crippen molar-refractivity contribution in [1.29, 1.82) is 0 Å². The van der Waals surface area contributed by atoms with Crippen molar-refractivity contribution in [2.24, 2.45) is 0 Å². The second kappa shape index (κ2) is 9.12. The summed E-state index contributed by atoms with van der Waals surface area (Å²) in [5, 5.41) is 3.20. The van der Waals surface area contributed by atoms with Gasteiger partial charge in [-0.1, -0.05) is 13.3 Å². The molecule has 0 rings (SSSR count). The van der Waals surface area contributed by atoms with Crippen LogP contribution in [0.1, 0.15) is 26.2 Å². The fourth-order valence-corrected chi connectivity index (χ4v) is 1.01. The van der Waals surface area contributed by atoms with Crippen molar-refractivity contribution in [3.8, 4) is 0 Å². The van der Waals surface area contributed by atoms with E-state index in [1.54, 1.807) is 0 Å². The van der Waals surface area contributed by atoms with E-state index in [1.807, 2.05) is 0 Å². The minimum absolute atomic E-state index is 0.336. The molecule has 74 valence electrons. The van der Waals surface area contributed by atoms with Crippen LogP contribution in [0.5, 0.6) is 0 Å². The highest BCUT2D eigenvalue weighted by molar-refractivity contribution is 7.74. The fraction of sp³-hybridized carbons (Fsp3) is 1.00. The van der Waals surface area contributed by atoms with Crippen LogP contribution in [-0.2, 0) is 15.5 Å². The molecule has 0 bridgehead atoms. The Balaban J connectivity index is 2.86. The van der Waals surface area contributed by atoms with Crippen LogP contribution >= 0.6 is 0 Å². The molecule has 5 heteroatoms. The van der Waals surface area contributed by atoms with E-state index in [1.165, 1.54) is 12.8 Å². The summed E-state index contributed by atoms with van der Waals surface area (Å²) in [4.78, 5) is 0. The summed E-state index contributed by atoms with van der Waals surface area (Å²) in [5.41, 5.74) is 0. The summed E-state index contributed by atoms with van der Waals surface area (Å²) in [5.74, 6) is 0. The van der Waals surface area contributed by atoms with Gasteiger partial charge in [-0.25, -0.2) is 0 Å². The number of hydrogen-bond acceptors (Lipinski definition) is 3. The minimum Gasteiger partial charge on any atom is -0.317 e. The normalized spacial score (nSPS) is 13.2. The summed E-state index contributed by atoms with van der Waals surface area (Å²) in [6, 6.07) is 0. The molecule has 0 fully saturated rings. The highest BCUT2D eigenvalue weighted by Crippen LogP contribution is 1.85. The van der Waals surface area contributed by atoms with Gasteiger partial charge in [-0.15, -0.1) is 0 Å². The van der Waals surface area contributed by atoms with E-state index in [0.717, 1.165) is 19.5 Å². The predicted molar refractivity (Wildman–Crippen MR) is 49.1 cm³/mol. The first-order chi connectivity index (χ1) is 5.77. The first kappa shape index (κ1) is 12.0. The molecule has 4 nitrogen and oxygen atoms in total. The van der Waals surface area contributed by atoms with Crippen molar-refractivity contribution in [2.45, 2.75) is 26.2 Å². The van der Waals surface area contributed by atoms with Crippen molar-refractivity contribution in [3.05, 3.63) is 0 Å². The van der Waals surface area contributed by atoms with Gasteiger partial charge < -0.3 is 5.32 Å². The third-order valence-electron chi connectivity index (χ3n) is 1.39. The van der Waals surface area contributed by atoms with E-state index in [9.17, 15) is 4.21 Å². The van der Waals surface area contributed by atoms with Gasteiger partial charge in [0.25, 0.3) is 0 Å². The second-order valence-corrected chi connectivity index (χ2v) is 3.17. The summed E-state index contributed by atoms with van der Waals surface area (Å²) in [6.45, 7) is 4.33. The van der Waals surface area contributed by atoms with Crippen LogP contribution in [0, 0.1) is 0 Å². The summed E-state index contributed by atoms with van der Waals surface area (Å²) in [7, 11) is 0. The molecule has 12 heavy (non-hydrogen) atoms. The molecule has 0 aliphatic carbocycles. The molecular formula is C7H17NO3S. The van der Waals surface area contributed by atoms with Crippen LogP contribution in [0.25, 0.3) is 0 Å². The molecule has 0 amide bonds. The zero-order valence-corrected chi connectivity index (χ0v) is 8.23. The lowest BCUT2D eigenvalue weighted by atomic mass is 10.3. The van der Waals surface area contributed by atoms with E-state index >= 15 is 0 Å². The molecule has 1 atom stereocenters. The number of nitrogens with one attached hydrogen (secondary N) is 1. The number of hydrogen-bond donors (Lipinski definition) is 2. The van der Waals surface area contributed by atoms with E-state index in [0.29, 0.717) is 6.61 Å². The third kappa shape index (κ3) is 10.0. The van der Waals surface area contributed by atoms with Crippen molar-refractivity contribution < 1.29 is 12.9 Å². The maximum atomic E-state index is 10.0. The molecule has 0 radical (unpaired) electrons. The molecule has 0 aliphatic rings. The maximum absolute atomic E-state index is 10.0. The van der Waals surface area contributed by atoms with Gasteiger partial charge in [0.2, 0.25) is 0 Å². The molecule has 2 N–H and O–H groups in total. The largest absolute Gasteiger partial charge is 0.317 e. The van der Waals surface area contributed by atoms with Gasteiger partial charge in [0.05, 0.1) is 6.61 Å². The molecule has 0 aliphatic heterocycles. The molecule has 0 aromatic carbocycles. The van der Waals surface area contributed by atoms with E-state index < -0.39 is 11.4 Å². The third-order valence-corrected chi connectivity index (χ3v) is 1.76. The fourth-order valence-electron chi connectivity index (χ4n) is 0.754. The average molecular weight is 195 g/mol. The zero-order chi connectivity index (χ0) is 9.23. The smallest absolute Gasteiger partial charge is 0.301 e. The molecule has 0 saturated heterocycles. The quantitative estimate of drug-likeness (QED) is 0.446. The Morgan fingerprint density at radius 1 is 1.42 bits per heavy atom. The predicted octanol–water partition coefficient (Wildman–Crippen LogP) is 0.919. The Labute approximate surface area is 76.2 Å². The van der Waals surface area contributed by atoms with Crippen LogP contribution in [0.3, 0.4) is 0 Å². The molecule has 0 spiro atoms. The first-order valence-corrected chi connectivity index (χ1v) is 5.25. The summed E-state index contributed by atoms with van der Waals surface area (Å²) < 4.78 is 22.7. The Hall–Kier alpha value is 0.0300. The van der Waals surface area contributed by atoms with E-state index in [-0.39, 0.29) is 0 Å². The van der Waals surface area contributed by atoms with Crippen LogP contribution in [0.15, 0.2) is 0 Å². The van der Waals surface area contributed by atoms with E-state index in [2.05, 4.69) is 16.4 Å². The first-order valence-electron chi connectivity index (χ1n) is 4.22. The lowest BCUT2D eigenvalue weighted by Gasteiger charge is -2.02. The lowest BCUT2D eigenvalue weighted by Crippen LogP contribution is -2.18. The van der Waals surface area contributed by atoms with E-state index in [4.69, 9.17) is 4.55 Å². The average Bonchev–Trinajstić information content (AvgIpc) is 2.02. The highest BCUT2D eigenvalue weighted by atomic mass is 32.2. The molecule has 0 heterocycles. The van der Waals surface area contributed by atoms with Gasteiger partial charge >= 0.3 is 11.4 Å². The standard InChI is InChI=1S/C7H17NO3S/c1-2-3-5-8-6-4-7-11-12(9)10/h8H,2-7H2,1H3,(H,9,10). The molecule has 0 saturated carbocycles. The maximum Gasteiger partial charge on any atom is 0.301 e. The van der Waals surface area contributed by atoms with Crippen LogP contribution in [0.2, 0.25) is 0 Å². The van der Waals surface area contributed by atoms with Crippen molar-refractivity contribution in [3.63, 3.8) is 0 Å². The van der Waals surface area contributed by atoms with Gasteiger partial charge in [-0.05, 0) is 25.9 Å². The minimum atomic E-state index is -2.10. The van der Waals surface area contributed by atoms with Crippen molar-refractivity contribution in [2.75, 3.05) is 19.7 Å². The summed E-state index contributed by atoms with van der Waals surface area (Å²) in [6.07, 6.45) is 3.13. The Morgan fingerprint density at radius 2 is 2.08 bits per heavy atom. The number of unbranched alkanes of at least 4 members (excludes halogenated alkanes) is 1. The monoisotopic (exact) mass is 195 g/mol. The molecule has 0 aromatic rings. The van der Waals surface area contributed by atoms with Crippen LogP contribution < -0.4 is 5.32 Å². The molecular weight excluding hydrogens is 178 g/mol. The summed E-state index contributed by atoms with van der Waals surface area (Å²) >= 11 is -2.10. The number of rotatable bonds is 8. The van der Waals surface area contributed by atoms with Gasteiger partial charge in [0.15, 0.2) is 0 Å². The highest BCUT2D eigenvalue weighted by Gasteiger charge is 1.92. The van der Waals surface area contributed by atoms with Gasteiger partial charge in [0.1, 0.15) is 0 Å². The Morgan fingerprint density at radius 3 is 2.67 bits per heavy atom. The molecule has 0 aromatic heterocycles. The second-order valence-electron chi connectivity index (χ2n) is 2.50. The van der Waals surface area contributed by atoms with Gasteiger partial charge in [-0.2, -0.15) is 4.21 Å². The van der Waals surface area contributed by atoms with Crippen LogP contribution in [0.4, 0.5) is 0 Å². The SMILES string of the molecule is CCCCNCCCOS(=O)O. The zero-order valence-electron chi connectivity index (χ0n) is 7.41. The van der Waals surface area contributed by atoms with Gasteiger partial charge in [-0.3, -0.25) is 8.74 Å². The Bertz CT molecular complexity index is 121. The molecule has 1 unspecified atom stereocenters. The van der Waals surface area contributed by atoms with Crippen molar-refractivity contribution in [1.82, 2.24) is 5.32 Å². The topological polar surface area (TPSA) is 58.6 Å². The van der Waals surface area contributed by atoms with Gasteiger partial charge in [0, 0.05) is 0 Å². The van der Waals surface area contributed by atoms with Crippen LogP contribution in [-0.4, -0.2) is 28.5 Å². The van der Waals surface area contributed by atoms with Crippen molar-refractivity contribution >= 4 is 11.4 Å².